The molecule has 2 atom stereocenters. The van der Waals surface area contributed by atoms with Crippen molar-refractivity contribution in [3.63, 3.8) is 0 Å². The molecule has 1 aromatic carbocycles. The average molecular weight is 252 g/mol. The third-order valence-electron chi connectivity index (χ3n) is 3.34. The molecule has 3 nitrogen and oxygen atoms in total. The van der Waals surface area contributed by atoms with Gasteiger partial charge in [-0.05, 0) is 43.4 Å². The Hall–Kier alpha value is -1.42. The first kappa shape index (κ1) is 13.0. The van der Waals surface area contributed by atoms with Crippen molar-refractivity contribution in [1.29, 1.82) is 0 Å². The van der Waals surface area contributed by atoms with Gasteiger partial charge in [0, 0.05) is 6.61 Å². The normalized spacial score (nSPS) is 21.5. The van der Waals surface area contributed by atoms with E-state index in [4.69, 9.17) is 4.74 Å². The summed E-state index contributed by atoms with van der Waals surface area (Å²) >= 11 is 0. The molecule has 0 radical (unpaired) electrons. The van der Waals surface area contributed by atoms with Gasteiger partial charge < -0.3 is 9.84 Å². The summed E-state index contributed by atoms with van der Waals surface area (Å²) in [6.45, 7) is 0.709. The van der Waals surface area contributed by atoms with Crippen LogP contribution >= 0.6 is 0 Å². The number of carboxylic acids is 1. The van der Waals surface area contributed by atoms with Crippen LogP contribution in [0, 0.1) is 5.82 Å². The second-order valence-corrected chi connectivity index (χ2v) is 4.67. The van der Waals surface area contributed by atoms with E-state index in [1.165, 1.54) is 24.3 Å². The molecular formula is C14H17FO3. The Morgan fingerprint density at radius 2 is 2.11 bits per heavy atom. The van der Waals surface area contributed by atoms with Crippen LogP contribution in [0.1, 0.15) is 37.2 Å². The standard InChI is InChI=1S/C14H17FO3/c15-11-6-4-10(5-7-11)13(14(16)17)9-12-3-1-2-8-18-12/h4-7,12-13H,1-3,8-9H2,(H,16,17). The predicted molar refractivity (Wildman–Crippen MR) is 65.0 cm³/mol. The van der Waals surface area contributed by atoms with Gasteiger partial charge in [0.05, 0.1) is 12.0 Å². The number of hydrogen-bond acceptors (Lipinski definition) is 2. The first-order valence-electron chi connectivity index (χ1n) is 6.26. The van der Waals surface area contributed by atoms with E-state index >= 15 is 0 Å². The van der Waals surface area contributed by atoms with Crippen molar-refractivity contribution >= 4 is 5.97 Å². The van der Waals surface area contributed by atoms with Gasteiger partial charge >= 0.3 is 5.97 Å². The van der Waals surface area contributed by atoms with Crippen LogP contribution in [0.25, 0.3) is 0 Å². The van der Waals surface area contributed by atoms with Gasteiger partial charge in [-0.25, -0.2) is 4.39 Å². The molecule has 2 rings (SSSR count). The summed E-state index contributed by atoms with van der Waals surface area (Å²) < 4.78 is 18.4. The second-order valence-electron chi connectivity index (χ2n) is 4.67. The molecule has 1 heterocycles. The molecule has 0 saturated carbocycles. The van der Waals surface area contributed by atoms with Crippen molar-refractivity contribution < 1.29 is 19.0 Å². The zero-order valence-corrected chi connectivity index (χ0v) is 10.1. The first-order chi connectivity index (χ1) is 8.66. The van der Waals surface area contributed by atoms with E-state index in [0.717, 1.165) is 19.3 Å². The highest BCUT2D eigenvalue weighted by Crippen LogP contribution is 2.27. The highest BCUT2D eigenvalue weighted by atomic mass is 19.1. The van der Waals surface area contributed by atoms with Crippen LogP contribution in [-0.4, -0.2) is 23.8 Å². The van der Waals surface area contributed by atoms with Crippen molar-refractivity contribution in [2.75, 3.05) is 6.61 Å². The molecule has 0 aliphatic carbocycles. The molecule has 0 amide bonds. The Morgan fingerprint density at radius 1 is 1.39 bits per heavy atom. The maximum atomic E-state index is 12.8. The summed E-state index contributed by atoms with van der Waals surface area (Å²) in [5.74, 6) is -1.85. The van der Waals surface area contributed by atoms with Crippen LogP contribution in [0.2, 0.25) is 0 Å². The molecule has 4 heteroatoms. The highest BCUT2D eigenvalue weighted by molar-refractivity contribution is 5.76. The molecule has 1 N–H and O–H groups in total. The van der Waals surface area contributed by atoms with Crippen molar-refractivity contribution in [3.8, 4) is 0 Å². The third kappa shape index (κ3) is 3.29. The van der Waals surface area contributed by atoms with E-state index in [1.54, 1.807) is 0 Å². The number of aliphatic carboxylic acids is 1. The molecular weight excluding hydrogens is 235 g/mol. The maximum Gasteiger partial charge on any atom is 0.311 e. The summed E-state index contributed by atoms with van der Waals surface area (Å²) in [6, 6.07) is 5.67. The van der Waals surface area contributed by atoms with Crippen LogP contribution in [0.5, 0.6) is 0 Å². The smallest absolute Gasteiger partial charge is 0.311 e. The van der Waals surface area contributed by atoms with Crippen LogP contribution in [-0.2, 0) is 9.53 Å². The minimum Gasteiger partial charge on any atom is -0.481 e. The molecule has 98 valence electrons. The molecule has 18 heavy (non-hydrogen) atoms. The van der Waals surface area contributed by atoms with E-state index in [0.29, 0.717) is 18.6 Å². The van der Waals surface area contributed by atoms with Crippen LogP contribution in [0.3, 0.4) is 0 Å². The van der Waals surface area contributed by atoms with Gasteiger partial charge in [0.15, 0.2) is 0 Å². The lowest BCUT2D eigenvalue weighted by Crippen LogP contribution is -2.24. The zero-order valence-electron chi connectivity index (χ0n) is 10.1. The monoisotopic (exact) mass is 252 g/mol. The maximum absolute atomic E-state index is 12.8. The lowest BCUT2D eigenvalue weighted by Gasteiger charge is -2.25. The van der Waals surface area contributed by atoms with Gasteiger partial charge in [0.1, 0.15) is 5.82 Å². The minimum atomic E-state index is -0.879. The lowest BCUT2D eigenvalue weighted by atomic mass is 9.91. The van der Waals surface area contributed by atoms with Gasteiger partial charge in [-0.2, -0.15) is 0 Å². The SMILES string of the molecule is O=C(O)C(CC1CCCCO1)c1ccc(F)cc1. The van der Waals surface area contributed by atoms with Crippen molar-refractivity contribution in [3.05, 3.63) is 35.6 Å². The summed E-state index contributed by atoms with van der Waals surface area (Å²) in [4.78, 5) is 11.3. The Morgan fingerprint density at radius 3 is 2.67 bits per heavy atom. The molecule has 2 unspecified atom stereocenters. The summed E-state index contributed by atoms with van der Waals surface area (Å²) in [5, 5.41) is 9.28. The lowest BCUT2D eigenvalue weighted by molar-refractivity contribution is -0.140. The Kier molecular flexibility index (Phi) is 4.31. The van der Waals surface area contributed by atoms with Crippen LogP contribution in [0.4, 0.5) is 4.39 Å². The topological polar surface area (TPSA) is 46.5 Å². The molecule has 1 fully saturated rings. The minimum absolute atomic E-state index is 0.00454. The van der Waals surface area contributed by atoms with Crippen molar-refractivity contribution in [1.82, 2.24) is 0 Å². The predicted octanol–water partition coefficient (Wildman–Crippen LogP) is 2.95. The number of carbonyl (C=O) groups is 1. The number of ether oxygens (including phenoxy) is 1. The molecule has 1 aromatic rings. The third-order valence-corrected chi connectivity index (χ3v) is 3.34. The van der Waals surface area contributed by atoms with Gasteiger partial charge in [0.2, 0.25) is 0 Å². The van der Waals surface area contributed by atoms with Crippen molar-refractivity contribution in [2.45, 2.75) is 37.7 Å². The van der Waals surface area contributed by atoms with E-state index < -0.39 is 11.9 Å². The molecule has 1 aliphatic heterocycles. The number of benzene rings is 1. The quantitative estimate of drug-likeness (QED) is 0.896. The fourth-order valence-electron chi connectivity index (χ4n) is 2.33. The van der Waals surface area contributed by atoms with Gasteiger partial charge in [-0.1, -0.05) is 12.1 Å². The van der Waals surface area contributed by atoms with Gasteiger partial charge in [0.25, 0.3) is 0 Å². The number of hydrogen-bond donors (Lipinski definition) is 1. The van der Waals surface area contributed by atoms with Gasteiger partial charge in [-0.15, -0.1) is 0 Å². The van der Waals surface area contributed by atoms with Crippen molar-refractivity contribution in [2.24, 2.45) is 0 Å². The summed E-state index contributed by atoms with van der Waals surface area (Å²) in [6.07, 6.45) is 3.50. The number of carboxylic acid groups (broad SMARTS) is 1. The van der Waals surface area contributed by atoms with E-state index in [-0.39, 0.29) is 11.9 Å². The fraction of sp³-hybridized carbons (Fsp3) is 0.500. The van der Waals surface area contributed by atoms with Crippen LogP contribution < -0.4 is 0 Å². The Bertz CT molecular complexity index is 396. The molecule has 0 aromatic heterocycles. The van der Waals surface area contributed by atoms with E-state index in [2.05, 4.69) is 0 Å². The molecule has 0 spiro atoms. The van der Waals surface area contributed by atoms with Gasteiger partial charge in [-0.3, -0.25) is 4.79 Å². The second kappa shape index (κ2) is 5.96. The summed E-state index contributed by atoms with van der Waals surface area (Å²) in [5.41, 5.74) is 0.637. The highest BCUT2D eigenvalue weighted by Gasteiger charge is 2.26. The zero-order chi connectivity index (χ0) is 13.0. The summed E-state index contributed by atoms with van der Waals surface area (Å²) in [7, 11) is 0. The first-order valence-corrected chi connectivity index (χ1v) is 6.26. The average Bonchev–Trinajstić information content (AvgIpc) is 2.38. The van der Waals surface area contributed by atoms with Crippen LogP contribution in [0.15, 0.2) is 24.3 Å². The van der Waals surface area contributed by atoms with E-state index in [1.807, 2.05) is 0 Å². The number of halogens is 1. The molecule has 1 aliphatic rings. The largest absolute Gasteiger partial charge is 0.481 e. The molecule has 0 bridgehead atoms. The fourth-order valence-corrected chi connectivity index (χ4v) is 2.33. The number of rotatable bonds is 4. The Balaban J connectivity index is 2.07. The molecule has 1 saturated heterocycles. The Labute approximate surface area is 106 Å². The van der Waals surface area contributed by atoms with E-state index in [9.17, 15) is 14.3 Å².